The van der Waals surface area contributed by atoms with Crippen molar-refractivity contribution in [1.29, 1.82) is 0 Å². The summed E-state index contributed by atoms with van der Waals surface area (Å²) in [5.41, 5.74) is 8.38. The quantitative estimate of drug-likeness (QED) is 0.408. The number of anilines is 1. The Morgan fingerprint density at radius 3 is 2.83 bits per heavy atom. The fraction of sp³-hybridized carbons (Fsp3) is 0.100. The van der Waals surface area contributed by atoms with Gasteiger partial charge in [0.05, 0.1) is 0 Å². The van der Waals surface area contributed by atoms with Crippen LogP contribution >= 0.6 is 0 Å². The number of carbonyl (C=O) groups is 1. The van der Waals surface area contributed by atoms with Crippen molar-refractivity contribution >= 4 is 18.0 Å². The average molecular weight is 161 g/mol. The molecule has 0 aliphatic heterocycles. The van der Waals surface area contributed by atoms with Crippen LogP contribution < -0.4 is 5.73 Å². The normalized spacial score (nSPS) is 10.4. The Hall–Kier alpha value is -1.57. The predicted molar refractivity (Wildman–Crippen MR) is 50.7 cm³/mol. The molecule has 0 atom stereocenters. The summed E-state index contributed by atoms with van der Waals surface area (Å²) in [4.78, 5) is 10.0. The standard InChI is InChI=1S/C10H11NO/c1-8-4-5-10(11)9(7-8)3-2-6-12/h2-7H,11H2,1H3. The van der Waals surface area contributed by atoms with E-state index >= 15 is 0 Å². The number of nitrogens with two attached hydrogens (primary N) is 1. The second kappa shape index (κ2) is 3.72. The van der Waals surface area contributed by atoms with Crippen LogP contribution in [0.3, 0.4) is 0 Å². The van der Waals surface area contributed by atoms with Crippen LogP contribution in [0.1, 0.15) is 11.1 Å². The summed E-state index contributed by atoms with van der Waals surface area (Å²) in [5.74, 6) is 0. The van der Waals surface area contributed by atoms with E-state index in [2.05, 4.69) is 0 Å². The molecule has 0 aliphatic rings. The lowest BCUT2D eigenvalue weighted by Crippen LogP contribution is -1.89. The fourth-order valence-electron chi connectivity index (χ4n) is 0.981. The number of aryl methyl sites for hydroxylation is 1. The van der Waals surface area contributed by atoms with E-state index < -0.39 is 0 Å². The molecular weight excluding hydrogens is 150 g/mol. The van der Waals surface area contributed by atoms with Crippen LogP contribution in [0.2, 0.25) is 0 Å². The molecule has 0 radical (unpaired) electrons. The van der Waals surface area contributed by atoms with Gasteiger partial charge in [0, 0.05) is 5.69 Å². The molecule has 1 aromatic carbocycles. The van der Waals surface area contributed by atoms with E-state index in [9.17, 15) is 4.79 Å². The lowest BCUT2D eigenvalue weighted by molar-refractivity contribution is -0.104. The van der Waals surface area contributed by atoms with E-state index in [0.29, 0.717) is 5.69 Å². The van der Waals surface area contributed by atoms with E-state index in [4.69, 9.17) is 5.73 Å². The highest BCUT2D eigenvalue weighted by atomic mass is 16.1. The number of nitrogen functional groups attached to an aromatic ring is 1. The molecule has 1 aromatic rings. The molecule has 0 aromatic heterocycles. The Kier molecular flexibility index (Phi) is 2.64. The Morgan fingerprint density at radius 2 is 2.17 bits per heavy atom. The lowest BCUT2D eigenvalue weighted by atomic mass is 10.1. The van der Waals surface area contributed by atoms with Gasteiger partial charge in [0.15, 0.2) is 0 Å². The number of rotatable bonds is 2. The van der Waals surface area contributed by atoms with Crippen LogP contribution in [-0.4, -0.2) is 6.29 Å². The van der Waals surface area contributed by atoms with E-state index in [-0.39, 0.29) is 0 Å². The van der Waals surface area contributed by atoms with Gasteiger partial charge < -0.3 is 5.73 Å². The summed E-state index contributed by atoms with van der Waals surface area (Å²) < 4.78 is 0. The summed E-state index contributed by atoms with van der Waals surface area (Å²) in [6.07, 6.45) is 3.88. The average Bonchev–Trinajstić information content (AvgIpc) is 2.07. The summed E-state index contributed by atoms with van der Waals surface area (Å²) >= 11 is 0. The number of hydrogen-bond acceptors (Lipinski definition) is 2. The first-order chi connectivity index (χ1) is 5.74. The molecule has 2 N–H and O–H groups in total. The van der Waals surface area contributed by atoms with Crippen molar-refractivity contribution in [2.75, 3.05) is 5.73 Å². The third-order valence-electron chi connectivity index (χ3n) is 1.60. The zero-order chi connectivity index (χ0) is 8.97. The molecule has 0 aliphatic carbocycles. The first-order valence-corrected chi connectivity index (χ1v) is 3.72. The van der Waals surface area contributed by atoms with Crippen LogP contribution in [0.15, 0.2) is 24.3 Å². The van der Waals surface area contributed by atoms with Crippen LogP contribution in [-0.2, 0) is 4.79 Å². The number of aldehydes is 1. The molecule has 0 bridgehead atoms. The third kappa shape index (κ3) is 1.95. The first kappa shape index (κ1) is 8.53. The molecule has 0 heterocycles. The van der Waals surface area contributed by atoms with Crippen molar-refractivity contribution in [3.05, 3.63) is 35.4 Å². The van der Waals surface area contributed by atoms with E-state index in [1.807, 2.05) is 25.1 Å². The molecular formula is C10H11NO. The topological polar surface area (TPSA) is 43.1 Å². The number of allylic oxidation sites excluding steroid dienone is 1. The minimum atomic E-state index is 0.693. The maximum atomic E-state index is 10.0. The van der Waals surface area contributed by atoms with Gasteiger partial charge in [0.25, 0.3) is 0 Å². The van der Waals surface area contributed by atoms with Gasteiger partial charge in [-0.15, -0.1) is 0 Å². The molecule has 2 heteroatoms. The highest BCUT2D eigenvalue weighted by molar-refractivity contribution is 5.77. The van der Waals surface area contributed by atoms with Crippen molar-refractivity contribution in [3.8, 4) is 0 Å². The Bertz CT molecular complexity index is 316. The lowest BCUT2D eigenvalue weighted by Gasteiger charge is -2.00. The largest absolute Gasteiger partial charge is 0.398 e. The summed E-state index contributed by atoms with van der Waals surface area (Å²) in [6.45, 7) is 1.98. The van der Waals surface area contributed by atoms with E-state index in [1.54, 1.807) is 6.08 Å². The second-order valence-corrected chi connectivity index (χ2v) is 2.63. The molecule has 0 fully saturated rings. The second-order valence-electron chi connectivity index (χ2n) is 2.63. The number of benzene rings is 1. The van der Waals surface area contributed by atoms with Crippen LogP contribution in [0.4, 0.5) is 5.69 Å². The van der Waals surface area contributed by atoms with E-state index in [1.165, 1.54) is 6.08 Å². The number of hydrogen-bond donors (Lipinski definition) is 1. The van der Waals surface area contributed by atoms with Crippen molar-refractivity contribution in [3.63, 3.8) is 0 Å². The monoisotopic (exact) mass is 161 g/mol. The van der Waals surface area contributed by atoms with Crippen molar-refractivity contribution in [1.82, 2.24) is 0 Å². The van der Waals surface area contributed by atoms with Gasteiger partial charge in [-0.1, -0.05) is 11.6 Å². The van der Waals surface area contributed by atoms with Gasteiger partial charge >= 0.3 is 0 Å². The van der Waals surface area contributed by atoms with Crippen LogP contribution in [0.5, 0.6) is 0 Å². The van der Waals surface area contributed by atoms with Gasteiger partial charge in [0.2, 0.25) is 0 Å². The Morgan fingerprint density at radius 1 is 1.42 bits per heavy atom. The fourth-order valence-corrected chi connectivity index (χ4v) is 0.981. The zero-order valence-corrected chi connectivity index (χ0v) is 6.95. The smallest absolute Gasteiger partial charge is 0.142 e. The van der Waals surface area contributed by atoms with Crippen LogP contribution in [0.25, 0.3) is 6.08 Å². The molecule has 0 amide bonds. The molecule has 0 spiro atoms. The SMILES string of the molecule is Cc1ccc(N)c(C=CC=O)c1. The maximum absolute atomic E-state index is 10.0. The van der Waals surface area contributed by atoms with Crippen LogP contribution in [0, 0.1) is 6.92 Å². The third-order valence-corrected chi connectivity index (χ3v) is 1.60. The summed E-state index contributed by atoms with van der Waals surface area (Å²) in [6, 6.07) is 5.71. The molecule has 62 valence electrons. The van der Waals surface area contributed by atoms with Crippen molar-refractivity contribution in [2.24, 2.45) is 0 Å². The van der Waals surface area contributed by atoms with E-state index in [0.717, 1.165) is 17.4 Å². The molecule has 0 saturated heterocycles. The van der Waals surface area contributed by atoms with Gasteiger partial charge in [0.1, 0.15) is 6.29 Å². The highest BCUT2D eigenvalue weighted by Crippen LogP contribution is 2.14. The Labute approximate surface area is 71.7 Å². The van der Waals surface area contributed by atoms with Crippen molar-refractivity contribution < 1.29 is 4.79 Å². The summed E-state index contributed by atoms with van der Waals surface area (Å²) in [7, 11) is 0. The molecule has 1 rings (SSSR count). The molecule has 2 nitrogen and oxygen atoms in total. The zero-order valence-electron chi connectivity index (χ0n) is 6.95. The molecule has 0 unspecified atom stereocenters. The van der Waals surface area contributed by atoms with Gasteiger partial charge in [-0.3, -0.25) is 4.79 Å². The Balaban J connectivity index is 3.04. The maximum Gasteiger partial charge on any atom is 0.142 e. The minimum Gasteiger partial charge on any atom is -0.398 e. The molecule has 12 heavy (non-hydrogen) atoms. The van der Waals surface area contributed by atoms with Gasteiger partial charge in [-0.25, -0.2) is 0 Å². The van der Waals surface area contributed by atoms with Crippen molar-refractivity contribution in [2.45, 2.75) is 6.92 Å². The van der Waals surface area contributed by atoms with Gasteiger partial charge in [-0.2, -0.15) is 0 Å². The predicted octanol–water partition coefficient (Wildman–Crippen LogP) is 1.79. The summed E-state index contributed by atoms with van der Waals surface area (Å²) in [5, 5.41) is 0. The molecule has 0 saturated carbocycles. The minimum absolute atomic E-state index is 0.693. The first-order valence-electron chi connectivity index (χ1n) is 3.72. The number of carbonyl (C=O) groups excluding carboxylic acids is 1. The van der Waals surface area contributed by atoms with Gasteiger partial charge in [-0.05, 0) is 36.8 Å². The highest BCUT2D eigenvalue weighted by Gasteiger charge is 1.93.